The maximum Gasteiger partial charge on any atom is 0.0714 e. The molecular formula is C11H16N4. The maximum absolute atomic E-state index is 7.70. The SMILES string of the molecule is C=CCN1N=CC(NC)=C(C(C)=N)C1=C. The number of hydrogen-bond donors (Lipinski definition) is 2. The summed E-state index contributed by atoms with van der Waals surface area (Å²) in [6.45, 7) is 9.94. The molecule has 80 valence electrons. The number of rotatable bonds is 4. The van der Waals surface area contributed by atoms with Crippen molar-refractivity contribution in [3.05, 3.63) is 36.2 Å². The molecule has 0 atom stereocenters. The molecule has 0 spiro atoms. The van der Waals surface area contributed by atoms with Crippen molar-refractivity contribution in [2.75, 3.05) is 13.6 Å². The van der Waals surface area contributed by atoms with Crippen molar-refractivity contribution in [1.29, 1.82) is 5.41 Å². The lowest BCUT2D eigenvalue weighted by Gasteiger charge is -2.26. The van der Waals surface area contributed by atoms with Gasteiger partial charge in [0.25, 0.3) is 0 Å². The molecule has 0 bridgehead atoms. The van der Waals surface area contributed by atoms with Crippen LogP contribution in [0.4, 0.5) is 0 Å². The first-order valence-electron chi connectivity index (χ1n) is 4.71. The molecule has 0 saturated heterocycles. The zero-order valence-electron chi connectivity index (χ0n) is 9.17. The number of hydrogen-bond acceptors (Lipinski definition) is 4. The van der Waals surface area contributed by atoms with E-state index in [4.69, 9.17) is 5.41 Å². The van der Waals surface area contributed by atoms with Crippen LogP contribution in [0.15, 0.2) is 41.3 Å². The van der Waals surface area contributed by atoms with Crippen molar-refractivity contribution in [3.8, 4) is 0 Å². The minimum absolute atomic E-state index is 0.476. The fourth-order valence-corrected chi connectivity index (χ4v) is 1.43. The Morgan fingerprint density at radius 2 is 2.40 bits per heavy atom. The second kappa shape index (κ2) is 4.59. The largest absolute Gasteiger partial charge is 0.386 e. The van der Waals surface area contributed by atoms with Crippen LogP contribution in [0.1, 0.15) is 6.92 Å². The van der Waals surface area contributed by atoms with Crippen LogP contribution >= 0.6 is 0 Å². The number of hydrazone groups is 1. The van der Waals surface area contributed by atoms with Gasteiger partial charge in [0.2, 0.25) is 0 Å². The molecule has 15 heavy (non-hydrogen) atoms. The molecular weight excluding hydrogens is 188 g/mol. The summed E-state index contributed by atoms with van der Waals surface area (Å²) in [5.74, 6) is 0. The van der Waals surface area contributed by atoms with Crippen LogP contribution in [0.25, 0.3) is 0 Å². The van der Waals surface area contributed by atoms with E-state index in [2.05, 4.69) is 23.6 Å². The molecule has 1 aliphatic rings. The minimum Gasteiger partial charge on any atom is -0.386 e. The third-order valence-corrected chi connectivity index (χ3v) is 2.14. The summed E-state index contributed by atoms with van der Waals surface area (Å²) in [5, 5.41) is 16.6. The van der Waals surface area contributed by atoms with Crippen molar-refractivity contribution >= 4 is 11.9 Å². The normalized spacial score (nSPS) is 15.6. The quantitative estimate of drug-likeness (QED) is 0.538. The Kier molecular flexibility index (Phi) is 3.44. The molecule has 0 aromatic rings. The van der Waals surface area contributed by atoms with Crippen LogP contribution in [0.5, 0.6) is 0 Å². The highest BCUT2D eigenvalue weighted by atomic mass is 15.5. The Morgan fingerprint density at radius 3 is 2.87 bits per heavy atom. The smallest absolute Gasteiger partial charge is 0.0714 e. The summed E-state index contributed by atoms with van der Waals surface area (Å²) in [6, 6.07) is 0. The van der Waals surface area contributed by atoms with Gasteiger partial charge in [-0.05, 0) is 6.92 Å². The molecule has 1 rings (SSSR count). The van der Waals surface area contributed by atoms with Crippen molar-refractivity contribution in [1.82, 2.24) is 10.3 Å². The van der Waals surface area contributed by atoms with E-state index < -0.39 is 0 Å². The first-order chi connectivity index (χ1) is 7.11. The van der Waals surface area contributed by atoms with Gasteiger partial charge in [-0.1, -0.05) is 12.7 Å². The van der Waals surface area contributed by atoms with E-state index >= 15 is 0 Å². The zero-order chi connectivity index (χ0) is 11.4. The van der Waals surface area contributed by atoms with Gasteiger partial charge in [-0.2, -0.15) is 5.10 Å². The highest BCUT2D eigenvalue weighted by molar-refractivity contribution is 6.05. The standard InChI is InChI=1S/C11H16N4/c1-5-6-15-9(3)11(8(2)12)10(13-4)7-14-15/h5,7,12-13H,1,3,6H2,2,4H3. The van der Waals surface area contributed by atoms with Gasteiger partial charge in [0.1, 0.15) is 0 Å². The van der Waals surface area contributed by atoms with Gasteiger partial charge < -0.3 is 10.7 Å². The third-order valence-electron chi connectivity index (χ3n) is 2.14. The van der Waals surface area contributed by atoms with Gasteiger partial charge in [0.05, 0.1) is 24.2 Å². The third kappa shape index (κ3) is 2.15. The number of nitrogens with zero attached hydrogens (tertiary/aromatic N) is 2. The Bertz CT molecular complexity index is 363. The lowest BCUT2D eigenvalue weighted by molar-refractivity contribution is 0.413. The van der Waals surface area contributed by atoms with E-state index in [0.29, 0.717) is 12.3 Å². The topological polar surface area (TPSA) is 51.5 Å². The molecule has 0 aromatic heterocycles. The van der Waals surface area contributed by atoms with Crippen LogP contribution in [0.3, 0.4) is 0 Å². The molecule has 1 aliphatic heterocycles. The van der Waals surface area contributed by atoms with Gasteiger partial charge in [-0.25, -0.2) is 0 Å². The zero-order valence-corrected chi connectivity index (χ0v) is 9.17. The summed E-state index contributed by atoms with van der Waals surface area (Å²) in [4.78, 5) is 0. The molecule has 0 saturated carbocycles. The molecule has 1 heterocycles. The molecule has 2 N–H and O–H groups in total. The Morgan fingerprint density at radius 1 is 1.73 bits per heavy atom. The lowest BCUT2D eigenvalue weighted by Crippen LogP contribution is -2.28. The van der Waals surface area contributed by atoms with Crippen molar-refractivity contribution in [3.63, 3.8) is 0 Å². The molecule has 4 nitrogen and oxygen atoms in total. The minimum atomic E-state index is 0.476. The van der Waals surface area contributed by atoms with Crippen molar-refractivity contribution < 1.29 is 0 Å². The van der Waals surface area contributed by atoms with E-state index in [1.54, 1.807) is 31.3 Å². The van der Waals surface area contributed by atoms with E-state index in [0.717, 1.165) is 17.0 Å². The van der Waals surface area contributed by atoms with E-state index in [1.807, 2.05) is 0 Å². The average Bonchev–Trinajstić information content (AvgIpc) is 2.20. The second-order valence-corrected chi connectivity index (χ2v) is 3.23. The fourth-order valence-electron chi connectivity index (χ4n) is 1.43. The van der Waals surface area contributed by atoms with Gasteiger partial charge in [0.15, 0.2) is 0 Å². The van der Waals surface area contributed by atoms with Crippen LogP contribution in [0.2, 0.25) is 0 Å². The number of allylic oxidation sites excluding steroid dienone is 2. The van der Waals surface area contributed by atoms with E-state index in [1.165, 1.54) is 0 Å². The predicted octanol–water partition coefficient (Wildman–Crippen LogP) is 1.50. The summed E-state index contributed by atoms with van der Waals surface area (Å²) >= 11 is 0. The van der Waals surface area contributed by atoms with Crippen LogP contribution in [-0.2, 0) is 0 Å². The van der Waals surface area contributed by atoms with Crippen molar-refractivity contribution in [2.45, 2.75) is 6.92 Å². The van der Waals surface area contributed by atoms with Crippen LogP contribution < -0.4 is 5.32 Å². The highest BCUT2D eigenvalue weighted by Crippen LogP contribution is 2.21. The maximum atomic E-state index is 7.70. The first-order valence-corrected chi connectivity index (χ1v) is 4.71. The molecule has 4 heteroatoms. The molecule has 0 aromatic carbocycles. The van der Waals surface area contributed by atoms with E-state index in [9.17, 15) is 0 Å². The summed E-state index contributed by atoms with van der Waals surface area (Å²) in [5.41, 5.74) is 2.83. The van der Waals surface area contributed by atoms with Gasteiger partial charge >= 0.3 is 0 Å². The monoisotopic (exact) mass is 204 g/mol. The van der Waals surface area contributed by atoms with Gasteiger partial charge in [-0.15, -0.1) is 6.58 Å². The summed E-state index contributed by atoms with van der Waals surface area (Å²) in [6.07, 6.45) is 3.45. The van der Waals surface area contributed by atoms with E-state index in [-0.39, 0.29) is 0 Å². The average molecular weight is 204 g/mol. The van der Waals surface area contributed by atoms with Crippen LogP contribution in [0, 0.1) is 5.41 Å². The molecule has 0 radical (unpaired) electrons. The van der Waals surface area contributed by atoms with Crippen molar-refractivity contribution in [2.24, 2.45) is 5.10 Å². The molecule has 0 amide bonds. The Hall–Kier alpha value is -1.84. The number of nitrogens with one attached hydrogen (secondary N) is 2. The molecule has 0 unspecified atom stereocenters. The van der Waals surface area contributed by atoms with Gasteiger partial charge in [-0.3, -0.25) is 5.01 Å². The lowest BCUT2D eigenvalue weighted by atomic mass is 10.1. The second-order valence-electron chi connectivity index (χ2n) is 3.23. The Labute approximate surface area is 90.2 Å². The fraction of sp³-hybridized carbons (Fsp3) is 0.273. The highest BCUT2D eigenvalue weighted by Gasteiger charge is 2.19. The molecule has 0 aliphatic carbocycles. The van der Waals surface area contributed by atoms with Gasteiger partial charge in [0, 0.05) is 18.3 Å². The summed E-state index contributed by atoms with van der Waals surface area (Å²) in [7, 11) is 1.81. The first kappa shape index (κ1) is 11.2. The summed E-state index contributed by atoms with van der Waals surface area (Å²) < 4.78 is 0. The molecule has 0 fully saturated rings. The van der Waals surface area contributed by atoms with Crippen LogP contribution in [-0.4, -0.2) is 30.5 Å². The predicted molar refractivity (Wildman–Crippen MR) is 64.0 cm³/mol. The Balaban J connectivity index is 3.07.